The first-order valence-electron chi connectivity index (χ1n) is 7.46. The van der Waals surface area contributed by atoms with Crippen LogP contribution in [0.4, 0.5) is 10.5 Å². The van der Waals surface area contributed by atoms with Crippen molar-refractivity contribution in [3.63, 3.8) is 0 Å². The molecule has 1 heterocycles. The zero-order valence-corrected chi connectivity index (χ0v) is 14.3. The van der Waals surface area contributed by atoms with Gasteiger partial charge in [-0.2, -0.15) is 0 Å². The van der Waals surface area contributed by atoms with E-state index in [0.29, 0.717) is 12.1 Å². The van der Waals surface area contributed by atoms with Gasteiger partial charge in [-0.25, -0.2) is 4.79 Å². The number of nitrogens with one attached hydrogen (secondary N) is 2. The quantitative estimate of drug-likeness (QED) is 0.618. The van der Waals surface area contributed by atoms with Gasteiger partial charge in [0.2, 0.25) is 5.91 Å². The molecule has 0 bridgehead atoms. The standard InChI is InChI=1S/C16H21N3O3S/c1-10(2)7-13-15(21)19(16(22)18-13)9-14(20)17-11-5-4-6-12(8-11)23-3/h4-6,8,10,13H,7,9H2,1-3H3,(H,17,20)(H,18,22)/t13-/m0/s1. The number of nitrogens with zero attached hydrogens (tertiary/aromatic N) is 1. The molecule has 0 saturated carbocycles. The van der Waals surface area contributed by atoms with E-state index in [-0.39, 0.29) is 18.4 Å². The van der Waals surface area contributed by atoms with E-state index in [4.69, 9.17) is 0 Å². The van der Waals surface area contributed by atoms with Gasteiger partial charge in [0.1, 0.15) is 12.6 Å². The highest BCUT2D eigenvalue weighted by atomic mass is 32.2. The van der Waals surface area contributed by atoms with Crippen LogP contribution in [-0.2, 0) is 9.59 Å². The first-order chi connectivity index (χ1) is 10.9. The molecule has 4 amide bonds. The number of carbonyl (C=O) groups is 3. The Hall–Kier alpha value is -2.02. The number of urea groups is 1. The van der Waals surface area contributed by atoms with Crippen LogP contribution >= 0.6 is 11.8 Å². The van der Waals surface area contributed by atoms with Crippen molar-refractivity contribution in [1.82, 2.24) is 10.2 Å². The predicted molar refractivity (Wildman–Crippen MR) is 90.3 cm³/mol. The lowest BCUT2D eigenvalue weighted by atomic mass is 10.0. The van der Waals surface area contributed by atoms with Crippen LogP contribution in [0, 0.1) is 5.92 Å². The van der Waals surface area contributed by atoms with Crippen LogP contribution < -0.4 is 10.6 Å². The molecule has 7 heteroatoms. The summed E-state index contributed by atoms with van der Waals surface area (Å²) in [6.07, 6.45) is 2.52. The molecule has 1 aromatic rings. The summed E-state index contributed by atoms with van der Waals surface area (Å²) < 4.78 is 0. The number of anilines is 1. The van der Waals surface area contributed by atoms with Crippen molar-refractivity contribution in [2.75, 3.05) is 18.1 Å². The average molecular weight is 335 g/mol. The molecule has 124 valence electrons. The van der Waals surface area contributed by atoms with Crippen molar-refractivity contribution in [3.05, 3.63) is 24.3 Å². The van der Waals surface area contributed by atoms with Crippen molar-refractivity contribution >= 4 is 35.3 Å². The van der Waals surface area contributed by atoms with Gasteiger partial charge in [0.15, 0.2) is 0 Å². The Morgan fingerprint density at radius 2 is 2.13 bits per heavy atom. The van der Waals surface area contributed by atoms with Crippen LogP contribution in [-0.4, -0.2) is 41.6 Å². The SMILES string of the molecule is CSc1cccc(NC(=O)CN2C(=O)N[C@@H](CC(C)C)C2=O)c1. The molecule has 0 spiro atoms. The molecule has 23 heavy (non-hydrogen) atoms. The Labute approximate surface area is 140 Å². The highest BCUT2D eigenvalue weighted by molar-refractivity contribution is 7.98. The summed E-state index contributed by atoms with van der Waals surface area (Å²) >= 11 is 1.57. The molecular formula is C16H21N3O3S. The van der Waals surface area contributed by atoms with Gasteiger partial charge in [-0.3, -0.25) is 14.5 Å². The third-order valence-electron chi connectivity index (χ3n) is 3.47. The summed E-state index contributed by atoms with van der Waals surface area (Å²) in [7, 11) is 0. The summed E-state index contributed by atoms with van der Waals surface area (Å²) in [6.45, 7) is 3.68. The van der Waals surface area contributed by atoms with Gasteiger partial charge in [-0.15, -0.1) is 11.8 Å². The second-order valence-electron chi connectivity index (χ2n) is 5.84. The number of thioether (sulfide) groups is 1. The molecular weight excluding hydrogens is 314 g/mol. The fourth-order valence-corrected chi connectivity index (χ4v) is 2.86. The normalized spacial score (nSPS) is 17.6. The smallest absolute Gasteiger partial charge is 0.325 e. The topological polar surface area (TPSA) is 78.5 Å². The van der Waals surface area contributed by atoms with Crippen LogP contribution in [0.1, 0.15) is 20.3 Å². The fourth-order valence-electron chi connectivity index (χ4n) is 2.40. The molecule has 1 atom stereocenters. The largest absolute Gasteiger partial charge is 0.326 e. The lowest BCUT2D eigenvalue weighted by molar-refractivity contribution is -0.131. The Bertz CT molecular complexity index is 618. The van der Waals surface area contributed by atoms with Crippen LogP contribution in [0.5, 0.6) is 0 Å². The lowest BCUT2D eigenvalue weighted by Crippen LogP contribution is -2.38. The molecule has 6 nitrogen and oxygen atoms in total. The van der Waals surface area contributed by atoms with E-state index >= 15 is 0 Å². The van der Waals surface area contributed by atoms with Gasteiger partial charge in [0, 0.05) is 10.6 Å². The average Bonchev–Trinajstić information content (AvgIpc) is 2.74. The van der Waals surface area contributed by atoms with E-state index in [9.17, 15) is 14.4 Å². The Kier molecular flexibility index (Phi) is 5.65. The minimum absolute atomic E-state index is 0.275. The van der Waals surface area contributed by atoms with Gasteiger partial charge in [-0.05, 0) is 36.8 Å². The van der Waals surface area contributed by atoms with Crippen molar-refractivity contribution in [1.29, 1.82) is 0 Å². The Balaban J connectivity index is 1.97. The summed E-state index contributed by atoms with van der Waals surface area (Å²) in [6, 6.07) is 6.35. The van der Waals surface area contributed by atoms with Crippen LogP contribution in [0.25, 0.3) is 0 Å². The zero-order valence-electron chi connectivity index (χ0n) is 13.5. The first kappa shape index (κ1) is 17.3. The van der Waals surface area contributed by atoms with Gasteiger partial charge in [0.25, 0.3) is 5.91 Å². The second-order valence-corrected chi connectivity index (χ2v) is 6.72. The van der Waals surface area contributed by atoms with Crippen LogP contribution in [0.15, 0.2) is 29.2 Å². The minimum Gasteiger partial charge on any atom is -0.326 e. The van der Waals surface area contributed by atoms with Gasteiger partial charge >= 0.3 is 6.03 Å². The van der Waals surface area contributed by atoms with E-state index in [1.54, 1.807) is 17.8 Å². The molecule has 2 rings (SSSR count). The Morgan fingerprint density at radius 1 is 1.39 bits per heavy atom. The third-order valence-corrected chi connectivity index (χ3v) is 4.19. The van der Waals surface area contributed by atoms with Crippen molar-refractivity contribution in [2.24, 2.45) is 5.92 Å². The third kappa shape index (κ3) is 4.48. The van der Waals surface area contributed by atoms with Gasteiger partial charge in [0.05, 0.1) is 0 Å². The van der Waals surface area contributed by atoms with Crippen molar-refractivity contribution < 1.29 is 14.4 Å². The number of hydrogen-bond donors (Lipinski definition) is 2. The molecule has 1 saturated heterocycles. The van der Waals surface area contributed by atoms with E-state index < -0.39 is 18.0 Å². The number of imide groups is 1. The molecule has 0 unspecified atom stereocenters. The number of carbonyl (C=O) groups excluding carboxylic acids is 3. The predicted octanol–water partition coefficient (Wildman–Crippen LogP) is 2.31. The van der Waals surface area contributed by atoms with E-state index in [2.05, 4.69) is 10.6 Å². The molecule has 1 aliphatic heterocycles. The first-order valence-corrected chi connectivity index (χ1v) is 8.69. The van der Waals surface area contributed by atoms with Crippen LogP contribution in [0.2, 0.25) is 0 Å². The van der Waals surface area contributed by atoms with E-state index in [1.807, 2.05) is 38.3 Å². The number of amides is 4. The fraction of sp³-hybridized carbons (Fsp3) is 0.438. The molecule has 1 aromatic carbocycles. The highest BCUT2D eigenvalue weighted by Crippen LogP contribution is 2.19. The lowest BCUT2D eigenvalue weighted by Gasteiger charge is -2.14. The summed E-state index contributed by atoms with van der Waals surface area (Å²) in [5, 5.41) is 5.34. The number of hydrogen-bond acceptors (Lipinski definition) is 4. The zero-order chi connectivity index (χ0) is 17.0. The second kappa shape index (κ2) is 7.50. The minimum atomic E-state index is -0.532. The summed E-state index contributed by atoms with van der Waals surface area (Å²) in [5.74, 6) is -0.444. The molecule has 0 aromatic heterocycles. The van der Waals surface area contributed by atoms with E-state index in [1.165, 1.54) is 0 Å². The summed E-state index contributed by atoms with van der Waals surface area (Å²) in [5.41, 5.74) is 0.646. The summed E-state index contributed by atoms with van der Waals surface area (Å²) in [4.78, 5) is 38.2. The molecule has 0 aliphatic carbocycles. The molecule has 0 radical (unpaired) electrons. The number of benzene rings is 1. The van der Waals surface area contributed by atoms with Gasteiger partial charge in [-0.1, -0.05) is 19.9 Å². The maximum atomic E-state index is 12.2. The van der Waals surface area contributed by atoms with Crippen molar-refractivity contribution in [3.8, 4) is 0 Å². The van der Waals surface area contributed by atoms with Gasteiger partial charge < -0.3 is 10.6 Å². The van der Waals surface area contributed by atoms with Crippen molar-refractivity contribution in [2.45, 2.75) is 31.2 Å². The maximum Gasteiger partial charge on any atom is 0.325 e. The number of rotatable bonds is 6. The maximum absolute atomic E-state index is 12.2. The van der Waals surface area contributed by atoms with E-state index in [0.717, 1.165) is 9.80 Å². The van der Waals surface area contributed by atoms with Crippen LogP contribution in [0.3, 0.4) is 0 Å². The monoisotopic (exact) mass is 335 g/mol. The molecule has 2 N–H and O–H groups in total. The highest BCUT2D eigenvalue weighted by Gasteiger charge is 2.38. The Morgan fingerprint density at radius 3 is 2.78 bits per heavy atom. The molecule has 1 fully saturated rings. The molecule has 1 aliphatic rings.